The maximum Gasteiger partial charge on any atom is 0.225 e. The second kappa shape index (κ2) is 13.5. The fraction of sp³-hybridized carbons (Fsp3) is 0.323. The average molecular weight is 471 g/mol. The van der Waals surface area contributed by atoms with Crippen LogP contribution in [0.3, 0.4) is 0 Å². The SMILES string of the molecule is C/C=C(/CC(C)C(=O)N(CCN)CCc1ccc(OCc2ccccc2)cc1)c1ccccc1C. The molecule has 1 atom stereocenters. The van der Waals surface area contributed by atoms with Gasteiger partial charge in [-0.05, 0) is 66.6 Å². The van der Waals surface area contributed by atoms with Gasteiger partial charge >= 0.3 is 0 Å². The normalized spacial score (nSPS) is 12.3. The van der Waals surface area contributed by atoms with E-state index in [0.717, 1.165) is 17.7 Å². The molecule has 0 aliphatic carbocycles. The van der Waals surface area contributed by atoms with Gasteiger partial charge in [0.2, 0.25) is 5.91 Å². The highest BCUT2D eigenvalue weighted by Gasteiger charge is 2.21. The predicted octanol–water partition coefficient (Wildman–Crippen LogP) is 6.03. The van der Waals surface area contributed by atoms with Gasteiger partial charge in [-0.3, -0.25) is 4.79 Å². The lowest BCUT2D eigenvalue weighted by atomic mass is 9.91. The number of hydrogen-bond acceptors (Lipinski definition) is 3. The molecule has 3 aromatic rings. The van der Waals surface area contributed by atoms with E-state index < -0.39 is 0 Å². The van der Waals surface area contributed by atoms with Gasteiger partial charge in [0, 0.05) is 25.6 Å². The van der Waals surface area contributed by atoms with Gasteiger partial charge in [-0.15, -0.1) is 0 Å². The fourth-order valence-electron chi connectivity index (χ4n) is 4.29. The van der Waals surface area contributed by atoms with Crippen molar-refractivity contribution in [2.75, 3.05) is 19.6 Å². The lowest BCUT2D eigenvalue weighted by Gasteiger charge is -2.26. The van der Waals surface area contributed by atoms with E-state index in [9.17, 15) is 4.79 Å². The number of nitrogens with zero attached hydrogens (tertiary/aromatic N) is 1. The van der Waals surface area contributed by atoms with Crippen molar-refractivity contribution < 1.29 is 9.53 Å². The third-order valence-electron chi connectivity index (χ3n) is 6.34. The second-order valence-corrected chi connectivity index (χ2v) is 9.02. The first kappa shape index (κ1) is 26.2. The standard InChI is InChI=1S/C31H38N2O2/c1-4-28(30-13-9-8-10-24(30)2)22-25(3)31(34)33(21-19-32)20-18-26-14-16-29(17-15-26)35-23-27-11-6-5-7-12-27/h4-17,25H,18-23,32H2,1-3H3/b28-4-. The first-order chi connectivity index (χ1) is 17.0. The molecule has 0 spiro atoms. The Morgan fingerprint density at radius 3 is 2.29 bits per heavy atom. The van der Waals surface area contributed by atoms with E-state index in [1.54, 1.807) is 0 Å². The van der Waals surface area contributed by atoms with Crippen LogP contribution in [-0.4, -0.2) is 30.4 Å². The highest BCUT2D eigenvalue weighted by molar-refractivity contribution is 5.81. The lowest BCUT2D eigenvalue weighted by molar-refractivity contribution is -0.134. The molecule has 0 aliphatic rings. The molecule has 0 saturated carbocycles. The van der Waals surface area contributed by atoms with E-state index in [1.165, 1.54) is 22.3 Å². The fourth-order valence-corrected chi connectivity index (χ4v) is 4.29. The first-order valence-corrected chi connectivity index (χ1v) is 12.5. The molecule has 3 rings (SSSR count). The molecular formula is C31H38N2O2. The molecule has 1 unspecified atom stereocenters. The van der Waals surface area contributed by atoms with E-state index >= 15 is 0 Å². The Hall–Kier alpha value is -3.37. The zero-order valence-corrected chi connectivity index (χ0v) is 21.2. The molecule has 2 N–H and O–H groups in total. The minimum atomic E-state index is -0.110. The van der Waals surface area contributed by atoms with Crippen LogP contribution >= 0.6 is 0 Å². The highest BCUT2D eigenvalue weighted by atomic mass is 16.5. The largest absolute Gasteiger partial charge is 0.489 e. The van der Waals surface area contributed by atoms with Crippen LogP contribution < -0.4 is 10.5 Å². The number of benzene rings is 3. The molecule has 1 amide bonds. The number of carbonyl (C=O) groups is 1. The van der Waals surface area contributed by atoms with Crippen molar-refractivity contribution >= 4 is 11.5 Å². The third kappa shape index (κ3) is 7.83. The summed E-state index contributed by atoms with van der Waals surface area (Å²) in [4.78, 5) is 15.2. The van der Waals surface area contributed by atoms with Gasteiger partial charge in [-0.25, -0.2) is 0 Å². The van der Waals surface area contributed by atoms with Crippen LogP contribution in [0.5, 0.6) is 5.75 Å². The Kier molecular flexibility index (Phi) is 10.1. The molecule has 0 aliphatic heterocycles. The quantitative estimate of drug-likeness (QED) is 0.351. The number of ether oxygens (including phenoxy) is 1. The molecule has 0 radical (unpaired) electrons. The van der Waals surface area contributed by atoms with Crippen LogP contribution in [0, 0.1) is 12.8 Å². The summed E-state index contributed by atoms with van der Waals surface area (Å²) in [5, 5.41) is 0. The summed E-state index contributed by atoms with van der Waals surface area (Å²) < 4.78 is 5.89. The molecule has 4 nitrogen and oxygen atoms in total. The summed E-state index contributed by atoms with van der Waals surface area (Å²) in [5.41, 5.74) is 11.8. The van der Waals surface area contributed by atoms with Crippen LogP contribution in [0.2, 0.25) is 0 Å². The molecule has 0 fully saturated rings. The summed E-state index contributed by atoms with van der Waals surface area (Å²) in [6, 6.07) is 26.6. The van der Waals surface area contributed by atoms with Gasteiger partial charge in [0.1, 0.15) is 12.4 Å². The lowest BCUT2D eigenvalue weighted by Crippen LogP contribution is -2.40. The van der Waals surface area contributed by atoms with Gasteiger partial charge < -0.3 is 15.4 Å². The molecule has 184 valence electrons. The highest BCUT2D eigenvalue weighted by Crippen LogP contribution is 2.26. The van der Waals surface area contributed by atoms with Crippen LogP contribution in [0.15, 0.2) is 84.9 Å². The number of nitrogens with two attached hydrogens (primary N) is 1. The van der Waals surface area contributed by atoms with Crippen LogP contribution in [0.4, 0.5) is 0 Å². The number of rotatable bonds is 12. The zero-order valence-electron chi connectivity index (χ0n) is 21.2. The number of amides is 1. The van der Waals surface area contributed by atoms with E-state index in [4.69, 9.17) is 10.5 Å². The van der Waals surface area contributed by atoms with E-state index in [1.807, 2.05) is 55.1 Å². The number of allylic oxidation sites excluding steroid dienone is 2. The molecule has 3 aromatic carbocycles. The zero-order chi connectivity index (χ0) is 25.0. The Morgan fingerprint density at radius 1 is 0.943 bits per heavy atom. The summed E-state index contributed by atoms with van der Waals surface area (Å²) in [6.45, 7) is 8.41. The van der Waals surface area contributed by atoms with Gasteiger partial charge in [-0.1, -0.05) is 79.7 Å². The van der Waals surface area contributed by atoms with Crippen molar-refractivity contribution in [3.05, 3.63) is 107 Å². The maximum absolute atomic E-state index is 13.3. The third-order valence-corrected chi connectivity index (χ3v) is 6.34. The minimum Gasteiger partial charge on any atom is -0.489 e. The van der Waals surface area contributed by atoms with Gasteiger partial charge in [0.15, 0.2) is 0 Å². The number of carbonyl (C=O) groups excluding carboxylic acids is 1. The summed E-state index contributed by atoms with van der Waals surface area (Å²) in [7, 11) is 0. The summed E-state index contributed by atoms with van der Waals surface area (Å²) in [6.07, 6.45) is 3.63. The van der Waals surface area contributed by atoms with Crippen molar-refractivity contribution in [1.29, 1.82) is 0 Å². The van der Waals surface area contributed by atoms with Crippen molar-refractivity contribution in [3.8, 4) is 5.75 Å². The molecule has 0 bridgehead atoms. The van der Waals surface area contributed by atoms with Gasteiger partial charge in [-0.2, -0.15) is 0 Å². The van der Waals surface area contributed by atoms with E-state index in [2.05, 4.69) is 55.5 Å². The van der Waals surface area contributed by atoms with Gasteiger partial charge in [0.25, 0.3) is 0 Å². The molecule has 35 heavy (non-hydrogen) atoms. The molecule has 0 heterocycles. The Bertz CT molecular complexity index is 1090. The molecule has 0 saturated heterocycles. The summed E-state index contributed by atoms with van der Waals surface area (Å²) >= 11 is 0. The Labute approximate surface area is 210 Å². The molecule has 0 aromatic heterocycles. The van der Waals surface area contributed by atoms with Crippen molar-refractivity contribution in [2.45, 2.75) is 40.2 Å². The number of aryl methyl sites for hydroxylation is 1. The Morgan fingerprint density at radius 2 is 1.63 bits per heavy atom. The smallest absolute Gasteiger partial charge is 0.225 e. The van der Waals surface area contributed by atoms with Crippen molar-refractivity contribution in [3.63, 3.8) is 0 Å². The van der Waals surface area contributed by atoms with Gasteiger partial charge in [0.05, 0.1) is 0 Å². The van der Waals surface area contributed by atoms with Crippen LogP contribution in [-0.2, 0) is 17.8 Å². The van der Waals surface area contributed by atoms with Crippen molar-refractivity contribution in [2.24, 2.45) is 11.7 Å². The average Bonchev–Trinajstić information content (AvgIpc) is 2.89. The summed E-state index contributed by atoms with van der Waals surface area (Å²) in [5.74, 6) is 0.892. The first-order valence-electron chi connectivity index (χ1n) is 12.5. The van der Waals surface area contributed by atoms with E-state index in [0.29, 0.717) is 32.7 Å². The van der Waals surface area contributed by atoms with Crippen LogP contribution in [0.1, 0.15) is 42.5 Å². The van der Waals surface area contributed by atoms with E-state index in [-0.39, 0.29) is 11.8 Å². The second-order valence-electron chi connectivity index (χ2n) is 9.02. The molecule has 4 heteroatoms. The van der Waals surface area contributed by atoms with Crippen LogP contribution in [0.25, 0.3) is 5.57 Å². The Balaban J connectivity index is 1.55. The number of hydrogen-bond donors (Lipinski definition) is 1. The predicted molar refractivity (Wildman–Crippen MR) is 145 cm³/mol. The minimum absolute atomic E-state index is 0.110. The monoisotopic (exact) mass is 470 g/mol. The molecular weight excluding hydrogens is 432 g/mol. The van der Waals surface area contributed by atoms with Crippen molar-refractivity contribution in [1.82, 2.24) is 4.90 Å². The topological polar surface area (TPSA) is 55.6 Å². The maximum atomic E-state index is 13.3.